The number of thioether (sulfide) groups is 1. The Morgan fingerprint density at radius 1 is 1.20 bits per heavy atom. The van der Waals surface area contributed by atoms with E-state index in [1.165, 1.54) is 31.1 Å². The lowest BCUT2D eigenvalue weighted by Gasteiger charge is -2.18. The van der Waals surface area contributed by atoms with Crippen molar-refractivity contribution in [2.45, 2.75) is 50.4 Å². The smallest absolute Gasteiger partial charge is 0.261 e. The normalized spacial score (nSPS) is 16.0. The van der Waals surface area contributed by atoms with E-state index in [9.17, 15) is 4.79 Å². The first-order valence-corrected chi connectivity index (χ1v) is 10.4. The summed E-state index contributed by atoms with van der Waals surface area (Å²) < 4.78 is 5.95. The number of carbonyl (C=O) groups is 1. The van der Waals surface area contributed by atoms with Crippen LogP contribution in [0.3, 0.4) is 0 Å². The minimum atomic E-state index is -0.433. The second kappa shape index (κ2) is 9.14. The van der Waals surface area contributed by atoms with Crippen molar-refractivity contribution >= 4 is 28.4 Å². The molecular formula is C21H27NO2S. The number of nitrogens with one attached hydrogen (secondary N) is 1. The largest absolute Gasteiger partial charge is 0.481 e. The Labute approximate surface area is 154 Å². The molecule has 0 aliphatic heterocycles. The minimum Gasteiger partial charge on any atom is -0.481 e. The van der Waals surface area contributed by atoms with E-state index in [-0.39, 0.29) is 5.91 Å². The molecule has 1 amide bonds. The van der Waals surface area contributed by atoms with Gasteiger partial charge < -0.3 is 10.1 Å². The molecule has 3 nitrogen and oxygen atoms in total. The molecule has 1 unspecified atom stereocenters. The molecule has 2 aromatic carbocycles. The lowest BCUT2D eigenvalue weighted by atomic mass is 10.1. The highest BCUT2D eigenvalue weighted by molar-refractivity contribution is 7.99. The summed E-state index contributed by atoms with van der Waals surface area (Å²) in [7, 11) is 0. The lowest BCUT2D eigenvalue weighted by Crippen LogP contribution is -2.39. The third-order valence-electron chi connectivity index (χ3n) is 4.72. The Balaban J connectivity index is 1.49. The van der Waals surface area contributed by atoms with E-state index in [1.807, 2.05) is 49.0 Å². The van der Waals surface area contributed by atoms with Crippen molar-refractivity contribution in [1.82, 2.24) is 5.32 Å². The monoisotopic (exact) mass is 357 g/mol. The number of ether oxygens (including phenoxy) is 1. The quantitative estimate of drug-likeness (QED) is 0.690. The molecule has 134 valence electrons. The maximum absolute atomic E-state index is 12.4. The van der Waals surface area contributed by atoms with Crippen LogP contribution in [0.2, 0.25) is 0 Å². The molecule has 1 atom stereocenters. The number of carbonyl (C=O) groups excluding carboxylic acids is 1. The molecule has 0 bridgehead atoms. The summed E-state index contributed by atoms with van der Waals surface area (Å²) in [6, 6.07) is 14.1. The van der Waals surface area contributed by atoms with Crippen LogP contribution in [-0.2, 0) is 4.79 Å². The fraction of sp³-hybridized carbons (Fsp3) is 0.476. The number of hydrogen-bond acceptors (Lipinski definition) is 3. The Hall–Kier alpha value is -1.68. The van der Waals surface area contributed by atoms with Crippen LogP contribution >= 0.6 is 11.8 Å². The summed E-state index contributed by atoms with van der Waals surface area (Å²) in [5.74, 6) is 1.73. The predicted octanol–water partition coefficient (Wildman–Crippen LogP) is 4.79. The lowest BCUT2D eigenvalue weighted by molar-refractivity contribution is -0.127. The van der Waals surface area contributed by atoms with Gasteiger partial charge in [-0.3, -0.25) is 4.79 Å². The van der Waals surface area contributed by atoms with E-state index < -0.39 is 6.10 Å². The Morgan fingerprint density at radius 2 is 1.96 bits per heavy atom. The van der Waals surface area contributed by atoms with Gasteiger partial charge in [-0.25, -0.2) is 0 Å². The standard InChI is InChI=1S/C21H27NO2S/c1-2-20(21(23)22-13-14-25-19-9-5-6-10-19)24-18-12-11-16-7-3-4-8-17(16)15-18/h3-4,7-8,11-12,15,19-20H,2,5-6,9-10,13-14H2,1H3,(H,22,23). The van der Waals surface area contributed by atoms with Crippen LogP contribution in [0.1, 0.15) is 39.0 Å². The Kier molecular flexibility index (Phi) is 6.62. The van der Waals surface area contributed by atoms with Crippen molar-refractivity contribution in [2.75, 3.05) is 12.3 Å². The summed E-state index contributed by atoms with van der Waals surface area (Å²) in [6.07, 6.45) is 5.62. The molecular weight excluding hydrogens is 330 g/mol. The Bertz CT molecular complexity index is 697. The highest BCUT2D eigenvalue weighted by Gasteiger charge is 2.19. The van der Waals surface area contributed by atoms with Crippen LogP contribution in [-0.4, -0.2) is 29.6 Å². The maximum Gasteiger partial charge on any atom is 0.261 e. The van der Waals surface area contributed by atoms with Gasteiger partial charge in [-0.2, -0.15) is 11.8 Å². The van der Waals surface area contributed by atoms with Crippen molar-refractivity contribution in [2.24, 2.45) is 0 Å². The van der Waals surface area contributed by atoms with Crippen LogP contribution in [0.4, 0.5) is 0 Å². The second-order valence-electron chi connectivity index (χ2n) is 6.59. The van der Waals surface area contributed by atoms with E-state index in [1.54, 1.807) is 0 Å². The van der Waals surface area contributed by atoms with Gasteiger partial charge in [-0.1, -0.05) is 50.1 Å². The molecule has 25 heavy (non-hydrogen) atoms. The van der Waals surface area contributed by atoms with Gasteiger partial charge in [0, 0.05) is 17.5 Å². The van der Waals surface area contributed by atoms with Crippen molar-refractivity contribution in [3.05, 3.63) is 42.5 Å². The number of amides is 1. The fourth-order valence-electron chi connectivity index (χ4n) is 3.30. The number of fused-ring (bicyclic) bond motifs is 1. The fourth-order valence-corrected chi connectivity index (χ4v) is 4.52. The van der Waals surface area contributed by atoms with Gasteiger partial charge in [0.05, 0.1) is 0 Å². The van der Waals surface area contributed by atoms with Crippen molar-refractivity contribution in [1.29, 1.82) is 0 Å². The molecule has 1 aliphatic rings. The molecule has 2 aromatic rings. The molecule has 3 rings (SSSR count). The summed E-state index contributed by atoms with van der Waals surface area (Å²) >= 11 is 2.00. The molecule has 0 saturated heterocycles. The molecule has 1 saturated carbocycles. The second-order valence-corrected chi connectivity index (χ2v) is 8.00. The SMILES string of the molecule is CCC(Oc1ccc2ccccc2c1)C(=O)NCCSC1CCCC1. The highest BCUT2D eigenvalue weighted by Crippen LogP contribution is 2.29. The maximum atomic E-state index is 12.4. The van der Waals surface area contributed by atoms with Gasteiger partial charge in [0.1, 0.15) is 5.75 Å². The van der Waals surface area contributed by atoms with Gasteiger partial charge >= 0.3 is 0 Å². The van der Waals surface area contributed by atoms with E-state index in [0.29, 0.717) is 6.42 Å². The van der Waals surface area contributed by atoms with E-state index in [2.05, 4.69) is 17.4 Å². The van der Waals surface area contributed by atoms with Gasteiger partial charge in [-0.15, -0.1) is 0 Å². The highest BCUT2D eigenvalue weighted by atomic mass is 32.2. The first-order valence-electron chi connectivity index (χ1n) is 9.31. The summed E-state index contributed by atoms with van der Waals surface area (Å²) in [5.41, 5.74) is 0. The molecule has 0 radical (unpaired) electrons. The minimum absolute atomic E-state index is 0.0114. The molecule has 1 fully saturated rings. The molecule has 4 heteroatoms. The zero-order valence-electron chi connectivity index (χ0n) is 14.9. The average molecular weight is 358 g/mol. The van der Waals surface area contributed by atoms with Crippen LogP contribution in [0, 0.1) is 0 Å². The molecule has 1 N–H and O–H groups in total. The summed E-state index contributed by atoms with van der Waals surface area (Å²) in [5, 5.41) is 6.13. The zero-order valence-corrected chi connectivity index (χ0v) is 15.7. The molecule has 1 aliphatic carbocycles. The van der Waals surface area contributed by atoms with E-state index in [0.717, 1.165) is 28.7 Å². The zero-order chi connectivity index (χ0) is 17.5. The van der Waals surface area contributed by atoms with Crippen LogP contribution in [0.25, 0.3) is 10.8 Å². The van der Waals surface area contributed by atoms with Gasteiger partial charge in [0.15, 0.2) is 6.10 Å². The topological polar surface area (TPSA) is 38.3 Å². The average Bonchev–Trinajstić information content (AvgIpc) is 3.16. The van der Waals surface area contributed by atoms with Gasteiger partial charge in [-0.05, 0) is 42.2 Å². The molecule has 0 spiro atoms. The first-order chi connectivity index (χ1) is 12.3. The van der Waals surface area contributed by atoms with Crippen molar-refractivity contribution in [3.63, 3.8) is 0 Å². The third kappa shape index (κ3) is 5.15. The van der Waals surface area contributed by atoms with Crippen molar-refractivity contribution in [3.8, 4) is 5.75 Å². The number of benzene rings is 2. The Morgan fingerprint density at radius 3 is 2.72 bits per heavy atom. The van der Waals surface area contributed by atoms with E-state index in [4.69, 9.17) is 4.74 Å². The van der Waals surface area contributed by atoms with Gasteiger partial charge in [0.2, 0.25) is 0 Å². The number of hydrogen-bond donors (Lipinski definition) is 1. The molecule has 0 heterocycles. The third-order valence-corrected chi connectivity index (χ3v) is 6.10. The van der Waals surface area contributed by atoms with Crippen LogP contribution in [0.15, 0.2) is 42.5 Å². The van der Waals surface area contributed by atoms with Crippen LogP contribution in [0.5, 0.6) is 5.75 Å². The summed E-state index contributed by atoms with van der Waals surface area (Å²) in [6.45, 7) is 2.70. The summed E-state index contributed by atoms with van der Waals surface area (Å²) in [4.78, 5) is 12.4. The number of rotatable bonds is 8. The van der Waals surface area contributed by atoms with E-state index >= 15 is 0 Å². The van der Waals surface area contributed by atoms with Crippen LogP contribution < -0.4 is 10.1 Å². The van der Waals surface area contributed by atoms with Gasteiger partial charge in [0.25, 0.3) is 5.91 Å². The predicted molar refractivity (Wildman–Crippen MR) is 106 cm³/mol. The van der Waals surface area contributed by atoms with Crippen molar-refractivity contribution < 1.29 is 9.53 Å². The molecule has 0 aromatic heterocycles. The first kappa shape index (κ1) is 18.1.